The molecule has 1 unspecified atom stereocenters. The highest BCUT2D eigenvalue weighted by molar-refractivity contribution is 7.08. The summed E-state index contributed by atoms with van der Waals surface area (Å²) in [4.78, 5) is 5.97. The topological polar surface area (TPSA) is 50.2 Å². The van der Waals surface area contributed by atoms with Crippen LogP contribution in [0.1, 0.15) is 62.9 Å². The largest absolute Gasteiger partial charge is 0.367 e. The minimum atomic E-state index is 0.432. The van der Waals surface area contributed by atoms with Crippen molar-refractivity contribution >= 4 is 17.4 Å². The lowest BCUT2D eigenvalue weighted by molar-refractivity contribution is 0.366. The van der Waals surface area contributed by atoms with E-state index >= 15 is 0 Å². The Labute approximate surface area is 126 Å². The molecule has 0 aromatic carbocycles. The Bertz CT molecular complexity index is 435. The van der Waals surface area contributed by atoms with Crippen molar-refractivity contribution in [3.8, 4) is 0 Å². The van der Waals surface area contributed by atoms with E-state index in [0.717, 1.165) is 35.3 Å². The number of hydrogen-bond donors (Lipinski definition) is 1. The Morgan fingerprint density at radius 1 is 1.40 bits per heavy atom. The van der Waals surface area contributed by atoms with Gasteiger partial charge in [-0.2, -0.15) is 0 Å². The summed E-state index contributed by atoms with van der Waals surface area (Å²) in [5, 5.41) is 7.64. The summed E-state index contributed by atoms with van der Waals surface area (Å²) in [6, 6.07) is 0.432. The van der Waals surface area contributed by atoms with E-state index in [1.165, 1.54) is 43.6 Å². The zero-order chi connectivity index (χ0) is 14.4. The SMILES string of the molecule is CCC(C)NC(=NCC1CCCCC1)c1snnc1C. The van der Waals surface area contributed by atoms with Gasteiger partial charge in [-0.25, -0.2) is 0 Å². The Morgan fingerprint density at radius 2 is 2.15 bits per heavy atom. The van der Waals surface area contributed by atoms with Gasteiger partial charge in [0.1, 0.15) is 10.7 Å². The predicted molar refractivity (Wildman–Crippen MR) is 85.5 cm³/mol. The lowest BCUT2D eigenvalue weighted by Gasteiger charge is -2.21. The third-order valence-corrected chi connectivity index (χ3v) is 4.93. The Hall–Kier alpha value is -0.970. The van der Waals surface area contributed by atoms with Crippen molar-refractivity contribution in [2.24, 2.45) is 10.9 Å². The van der Waals surface area contributed by atoms with Gasteiger partial charge in [0, 0.05) is 12.6 Å². The number of nitrogens with one attached hydrogen (secondary N) is 1. The molecule has 1 fully saturated rings. The van der Waals surface area contributed by atoms with E-state index in [0.29, 0.717) is 6.04 Å². The van der Waals surface area contributed by atoms with Crippen LogP contribution in [-0.4, -0.2) is 28.0 Å². The van der Waals surface area contributed by atoms with E-state index in [9.17, 15) is 0 Å². The number of rotatable bonds is 5. The van der Waals surface area contributed by atoms with Gasteiger partial charge in [0.15, 0.2) is 0 Å². The molecule has 1 aromatic rings. The number of aliphatic imine (C=N–C) groups is 1. The summed E-state index contributed by atoms with van der Waals surface area (Å²) in [5.74, 6) is 1.76. The Kier molecular flexibility index (Phi) is 5.95. The van der Waals surface area contributed by atoms with Gasteiger partial charge in [-0.1, -0.05) is 30.7 Å². The third-order valence-electron chi connectivity index (χ3n) is 4.09. The van der Waals surface area contributed by atoms with E-state index in [2.05, 4.69) is 28.8 Å². The molecule has 1 aromatic heterocycles. The van der Waals surface area contributed by atoms with Crippen LogP contribution in [0.3, 0.4) is 0 Å². The number of aryl methyl sites for hydroxylation is 1. The van der Waals surface area contributed by atoms with Gasteiger partial charge >= 0.3 is 0 Å². The molecule has 5 heteroatoms. The fraction of sp³-hybridized carbons (Fsp3) is 0.800. The molecular formula is C15H26N4S. The fourth-order valence-corrected chi connectivity index (χ4v) is 3.18. The highest BCUT2D eigenvalue weighted by Gasteiger charge is 2.16. The standard InChI is InChI=1S/C15H26N4S/c1-4-11(2)17-15(14-12(3)18-19-20-14)16-10-13-8-6-5-7-9-13/h11,13H,4-10H2,1-3H3,(H,16,17). The third kappa shape index (κ3) is 4.27. The zero-order valence-electron chi connectivity index (χ0n) is 12.9. The van der Waals surface area contributed by atoms with Crippen LogP contribution >= 0.6 is 11.5 Å². The van der Waals surface area contributed by atoms with Gasteiger partial charge in [-0.15, -0.1) is 5.10 Å². The van der Waals surface area contributed by atoms with Crippen LogP contribution in [0.25, 0.3) is 0 Å². The second-order valence-electron chi connectivity index (χ2n) is 5.83. The molecule has 0 saturated heterocycles. The minimum Gasteiger partial charge on any atom is -0.367 e. The molecule has 1 N–H and O–H groups in total. The molecule has 1 heterocycles. The van der Waals surface area contributed by atoms with Crippen LogP contribution in [0.5, 0.6) is 0 Å². The van der Waals surface area contributed by atoms with Gasteiger partial charge in [0.2, 0.25) is 0 Å². The highest BCUT2D eigenvalue weighted by Crippen LogP contribution is 2.24. The average Bonchev–Trinajstić information content (AvgIpc) is 2.90. The van der Waals surface area contributed by atoms with Crippen LogP contribution in [0, 0.1) is 12.8 Å². The lowest BCUT2D eigenvalue weighted by atomic mass is 9.89. The molecule has 112 valence electrons. The van der Waals surface area contributed by atoms with Gasteiger partial charge in [0.05, 0.1) is 5.69 Å². The Morgan fingerprint density at radius 3 is 2.75 bits per heavy atom. The molecule has 4 nitrogen and oxygen atoms in total. The van der Waals surface area contributed by atoms with Crippen LogP contribution in [0.2, 0.25) is 0 Å². The van der Waals surface area contributed by atoms with Gasteiger partial charge in [0.25, 0.3) is 0 Å². The molecule has 1 atom stereocenters. The molecule has 0 radical (unpaired) electrons. The Balaban J connectivity index is 2.06. The molecule has 0 spiro atoms. The molecule has 1 aliphatic rings. The second kappa shape index (κ2) is 7.72. The summed E-state index contributed by atoms with van der Waals surface area (Å²) < 4.78 is 4.04. The first-order chi connectivity index (χ1) is 9.70. The van der Waals surface area contributed by atoms with E-state index in [1.807, 2.05) is 6.92 Å². The smallest absolute Gasteiger partial charge is 0.142 e. The van der Waals surface area contributed by atoms with Crippen molar-refractivity contribution in [2.75, 3.05) is 6.54 Å². The summed E-state index contributed by atoms with van der Waals surface area (Å²) in [6.07, 6.45) is 7.90. The molecule has 0 bridgehead atoms. The van der Waals surface area contributed by atoms with Crippen LogP contribution in [0.4, 0.5) is 0 Å². The number of hydrogen-bond acceptors (Lipinski definition) is 4. The first kappa shape index (κ1) is 15.4. The van der Waals surface area contributed by atoms with E-state index in [1.54, 1.807) is 0 Å². The lowest BCUT2D eigenvalue weighted by Crippen LogP contribution is -2.33. The quantitative estimate of drug-likeness (QED) is 0.667. The maximum Gasteiger partial charge on any atom is 0.142 e. The molecule has 0 amide bonds. The van der Waals surface area contributed by atoms with Crippen LogP contribution in [-0.2, 0) is 0 Å². The normalized spacial score (nSPS) is 19.1. The number of aromatic nitrogens is 2. The van der Waals surface area contributed by atoms with Gasteiger partial charge < -0.3 is 5.32 Å². The van der Waals surface area contributed by atoms with Gasteiger partial charge in [-0.3, -0.25) is 4.99 Å². The maximum absolute atomic E-state index is 4.87. The fourth-order valence-electron chi connectivity index (χ4n) is 2.56. The average molecular weight is 294 g/mol. The van der Waals surface area contributed by atoms with Crippen molar-refractivity contribution in [3.05, 3.63) is 10.6 Å². The summed E-state index contributed by atoms with van der Waals surface area (Å²) in [6.45, 7) is 7.33. The summed E-state index contributed by atoms with van der Waals surface area (Å²) >= 11 is 1.44. The first-order valence-electron chi connectivity index (χ1n) is 7.81. The first-order valence-corrected chi connectivity index (χ1v) is 8.58. The predicted octanol–water partition coefficient (Wildman–Crippen LogP) is 3.56. The zero-order valence-corrected chi connectivity index (χ0v) is 13.7. The van der Waals surface area contributed by atoms with E-state index in [-0.39, 0.29) is 0 Å². The second-order valence-corrected chi connectivity index (χ2v) is 6.59. The van der Waals surface area contributed by atoms with Crippen LogP contribution in [0.15, 0.2) is 4.99 Å². The van der Waals surface area contributed by atoms with Crippen molar-refractivity contribution in [3.63, 3.8) is 0 Å². The van der Waals surface area contributed by atoms with E-state index < -0.39 is 0 Å². The molecule has 20 heavy (non-hydrogen) atoms. The van der Waals surface area contributed by atoms with Gasteiger partial charge in [-0.05, 0) is 50.6 Å². The summed E-state index contributed by atoms with van der Waals surface area (Å²) in [5.41, 5.74) is 0.980. The molecule has 1 aliphatic carbocycles. The highest BCUT2D eigenvalue weighted by atomic mass is 32.1. The monoisotopic (exact) mass is 294 g/mol. The minimum absolute atomic E-state index is 0.432. The van der Waals surface area contributed by atoms with E-state index in [4.69, 9.17) is 4.99 Å². The van der Waals surface area contributed by atoms with Crippen molar-refractivity contribution in [1.82, 2.24) is 14.9 Å². The molecule has 0 aliphatic heterocycles. The molecule has 1 saturated carbocycles. The molecule has 2 rings (SSSR count). The summed E-state index contributed by atoms with van der Waals surface area (Å²) in [7, 11) is 0. The van der Waals surface area contributed by atoms with Crippen molar-refractivity contribution in [2.45, 2.75) is 65.3 Å². The maximum atomic E-state index is 4.87. The number of amidine groups is 1. The number of nitrogens with zero attached hydrogens (tertiary/aromatic N) is 3. The van der Waals surface area contributed by atoms with Crippen molar-refractivity contribution < 1.29 is 0 Å². The molecular weight excluding hydrogens is 268 g/mol. The van der Waals surface area contributed by atoms with Crippen LogP contribution < -0.4 is 5.32 Å². The van der Waals surface area contributed by atoms with Crippen molar-refractivity contribution in [1.29, 1.82) is 0 Å².